The molecule has 0 aliphatic heterocycles. The zero-order chi connectivity index (χ0) is 13.8. The van der Waals surface area contributed by atoms with Crippen LogP contribution >= 0.6 is 0 Å². The molecule has 1 aromatic heterocycles. The lowest BCUT2D eigenvalue weighted by Gasteiger charge is -2.29. The van der Waals surface area contributed by atoms with Gasteiger partial charge in [-0.15, -0.1) is 5.10 Å². The van der Waals surface area contributed by atoms with Crippen molar-refractivity contribution in [1.29, 1.82) is 5.26 Å². The van der Waals surface area contributed by atoms with Gasteiger partial charge in [0.25, 0.3) is 0 Å². The molecule has 0 unspecified atom stereocenters. The fourth-order valence-electron chi connectivity index (χ4n) is 2.75. The maximum absolute atomic E-state index is 9.28. The molecule has 1 aromatic rings. The van der Waals surface area contributed by atoms with E-state index in [0.717, 1.165) is 30.0 Å². The van der Waals surface area contributed by atoms with Crippen LogP contribution in [0.25, 0.3) is 0 Å². The van der Waals surface area contributed by atoms with E-state index < -0.39 is 0 Å². The summed E-state index contributed by atoms with van der Waals surface area (Å²) in [5, 5.41) is 21.0. The third-order valence-corrected chi connectivity index (χ3v) is 4.33. The van der Waals surface area contributed by atoms with Gasteiger partial charge in [-0.05, 0) is 51.0 Å². The molecule has 0 radical (unpaired) electrons. The van der Waals surface area contributed by atoms with Gasteiger partial charge < -0.3 is 5.32 Å². The van der Waals surface area contributed by atoms with Gasteiger partial charge in [0.05, 0.1) is 5.69 Å². The average Bonchev–Trinajstić information content (AvgIpc) is 2.44. The van der Waals surface area contributed by atoms with Crippen LogP contribution in [0.5, 0.6) is 0 Å². The summed E-state index contributed by atoms with van der Waals surface area (Å²) in [6, 6.07) is 2.69. The Hall–Kier alpha value is -1.63. The number of aromatic nitrogens is 2. The minimum atomic E-state index is 0.436. The molecule has 1 aliphatic rings. The van der Waals surface area contributed by atoms with Gasteiger partial charge in [0.2, 0.25) is 0 Å². The highest BCUT2D eigenvalue weighted by Crippen LogP contribution is 2.29. The summed E-state index contributed by atoms with van der Waals surface area (Å²) < 4.78 is 0. The first kappa shape index (κ1) is 13.8. The molecule has 19 heavy (non-hydrogen) atoms. The third kappa shape index (κ3) is 3.04. The van der Waals surface area contributed by atoms with Crippen molar-refractivity contribution in [2.45, 2.75) is 58.9 Å². The fourth-order valence-corrected chi connectivity index (χ4v) is 2.75. The van der Waals surface area contributed by atoms with Crippen LogP contribution < -0.4 is 5.32 Å². The van der Waals surface area contributed by atoms with E-state index in [-0.39, 0.29) is 0 Å². The van der Waals surface area contributed by atoms with Crippen molar-refractivity contribution in [3.8, 4) is 6.07 Å². The van der Waals surface area contributed by atoms with E-state index in [1.54, 1.807) is 0 Å². The second kappa shape index (κ2) is 6.01. The molecule has 0 atom stereocenters. The molecule has 2 rings (SSSR count). The van der Waals surface area contributed by atoms with Crippen molar-refractivity contribution >= 4 is 5.82 Å². The smallest absolute Gasteiger partial charge is 0.167 e. The van der Waals surface area contributed by atoms with Crippen LogP contribution in [0.2, 0.25) is 0 Å². The summed E-state index contributed by atoms with van der Waals surface area (Å²) in [4.78, 5) is 0. The fraction of sp³-hybridized carbons (Fsp3) is 0.667. The van der Waals surface area contributed by atoms with E-state index >= 15 is 0 Å². The number of hydrogen-bond donors (Lipinski definition) is 1. The van der Waals surface area contributed by atoms with Crippen LogP contribution in [-0.2, 0) is 0 Å². The van der Waals surface area contributed by atoms with E-state index in [2.05, 4.69) is 28.5 Å². The highest BCUT2D eigenvalue weighted by atomic mass is 15.2. The molecule has 0 saturated heterocycles. The SMILES string of the molecule is CCC1CCC(Nc2nnc(C)c(C)c2C#N)CC1. The van der Waals surface area contributed by atoms with Gasteiger partial charge in [-0.2, -0.15) is 10.4 Å². The lowest BCUT2D eigenvalue weighted by molar-refractivity contribution is 0.329. The lowest BCUT2D eigenvalue weighted by atomic mass is 9.84. The standard InChI is InChI=1S/C15H22N4/c1-4-12-5-7-13(8-6-12)17-15-14(9-16)10(2)11(3)18-19-15/h12-13H,4-8H2,1-3H3,(H,17,19). The molecule has 0 amide bonds. The molecule has 102 valence electrons. The zero-order valence-electron chi connectivity index (χ0n) is 12.0. The van der Waals surface area contributed by atoms with Crippen molar-refractivity contribution in [1.82, 2.24) is 10.2 Å². The molecular weight excluding hydrogens is 236 g/mol. The number of anilines is 1. The van der Waals surface area contributed by atoms with Crippen molar-refractivity contribution in [2.24, 2.45) is 5.92 Å². The first-order valence-electron chi connectivity index (χ1n) is 7.16. The molecule has 1 fully saturated rings. The van der Waals surface area contributed by atoms with E-state index in [1.165, 1.54) is 19.3 Å². The number of hydrogen-bond acceptors (Lipinski definition) is 4. The van der Waals surface area contributed by atoms with Crippen LogP contribution in [0, 0.1) is 31.1 Å². The molecule has 4 heteroatoms. The van der Waals surface area contributed by atoms with Crippen molar-refractivity contribution in [3.05, 3.63) is 16.8 Å². The number of rotatable bonds is 3. The highest BCUT2D eigenvalue weighted by Gasteiger charge is 2.21. The summed E-state index contributed by atoms with van der Waals surface area (Å²) in [7, 11) is 0. The predicted octanol–water partition coefficient (Wildman–Crippen LogP) is 3.35. The minimum absolute atomic E-state index is 0.436. The van der Waals surface area contributed by atoms with E-state index in [4.69, 9.17) is 0 Å². The second-order valence-corrected chi connectivity index (χ2v) is 5.52. The Morgan fingerprint density at radius 2 is 1.89 bits per heavy atom. The quantitative estimate of drug-likeness (QED) is 0.903. The largest absolute Gasteiger partial charge is 0.365 e. The molecule has 0 bridgehead atoms. The van der Waals surface area contributed by atoms with Gasteiger partial charge in [-0.25, -0.2) is 0 Å². The van der Waals surface area contributed by atoms with Crippen molar-refractivity contribution in [2.75, 3.05) is 5.32 Å². The number of nitrogens with one attached hydrogen (secondary N) is 1. The van der Waals surface area contributed by atoms with Crippen molar-refractivity contribution in [3.63, 3.8) is 0 Å². The average molecular weight is 258 g/mol. The Morgan fingerprint density at radius 3 is 2.47 bits per heavy atom. The molecule has 1 saturated carbocycles. The Labute approximate surface area is 115 Å². The first-order chi connectivity index (χ1) is 9.15. The van der Waals surface area contributed by atoms with Crippen LogP contribution in [0.4, 0.5) is 5.82 Å². The Bertz CT molecular complexity index is 482. The molecule has 0 aromatic carbocycles. The van der Waals surface area contributed by atoms with E-state index in [9.17, 15) is 5.26 Å². The van der Waals surface area contributed by atoms with E-state index in [0.29, 0.717) is 17.4 Å². The third-order valence-electron chi connectivity index (χ3n) is 4.33. The lowest BCUT2D eigenvalue weighted by Crippen LogP contribution is -2.27. The summed E-state index contributed by atoms with van der Waals surface area (Å²) in [6.45, 7) is 6.09. The second-order valence-electron chi connectivity index (χ2n) is 5.52. The van der Waals surface area contributed by atoms with Gasteiger partial charge in [-0.1, -0.05) is 13.3 Å². The number of nitrogens with zero attached hydrogens (tertiary/aromatic N) is 3. The van der Waals surface area contributed by atoms with Gasteiger partial charge in [0.1, 0.15) is 11.6 Å². The van der Waals surface area contributed by atoms with Crippen LogP contribution in [-0.4, -0.2) is 16.2 Å². The summed E-state index contributed by atoms with van der Waals surface area (Å²) in [6.07, 6.45) is 6.15. The van der Waals surface area contributed by atoms with Gasteiger partial charge >= 0.3 is 0 Å². The zero-order valence-corrected chi connectivity index (χ0v) is 12.0. The molecule has 1 heterocycles. The van der Waals surface area contributed by atoms with Crippen LogP contribution in [0.15, 0.2) is 0 Å². The maximum Gasteiger partial charge on any atom is 0.167 e. The molecule has 0 spiro atoms. The van der Waals surface area contributed by atoms with Crippen LogP contribution in [0.3, 0.4) is 0 Å². The van der Waals surface area contributed by atoms with Crippen LogP contribution in [0.1, 0.15) is 55.8 Å². The highest BCUT2D eigenvalue weighted by molar-refractivity contribution is 5.56. The topological polar surface area (TPSA) is 61.6 Å². The summed E-state index contributed by atoms with van der Waals surface area (Å²) in [5.41, 5.74) is 2.41. The van der Waals surface area contributed by atoms with Gasteiger partial charge in [-0.3, -0.25) is 0 Å². The summed E-state index contributed by atoms with van der Waals surface area (Å²) in [5.74, 6) is 1.53. The Kier molecular flexibility index (Phi) is 4.36. The maximum atomic E-state index is 9.28. The van der Waals surface area contributed by atoms with E-state index in [1.807, 2.05) is 13.8 Å². The Balaban J connectivity index is 2.08. The van der Waals surface area contributed by atoms with Gasteiger partial charge in [0.15, 0.2) is 5.82 Å². The van der Waals surface area contributed by atoms with Crippen molar-refractivity contribution < 1.29 is 0 Å². The monoisotopic (exact) mass is 258 g/mol. The molecule has 4 nitrogen and oxygen atoms in total. The first-order valence-corrected chi connectivity index (χ1v) is 7.16. The normalized spacial score (nSPS) is 22.8. The number of aryl methyl sites for hydroxylation is 1. The molecule has 1 aliphatic carbocycles. The number of nitriles is 1. The summed E-state index contributed by atoms with van der Waals surface area (Å²) >= 11 is 0. The predicted molar refractivity (Wildman–Crippen MR) is 75.9 cm³/mol. The minimum Gasteiger partial charge on any atom is -0.365 e. The molecular formula is C15H22N4. The Morgan fingerprint density at radius 1 is 1.21 bits per heavy atom. The molecule has 1 N–H and O–H groups in total. The van der Waals surface area contributed by atoms with Gasteiger partial charge in [0, 0.05) is 6.04 Å².